The Bertz CT molecular complexity index is 1170. The van der Waals surface area contributed by atoms with Crippen LogP contribution < -0.4 is 68.1 Å². The highest BCUT2D eigenvalue weighted by Crippen LogP contribution is 2.47. The van der Waals surface area contributed by atoms with Crippen LogP contribution in [0.25, 0.3) is 22.3 Å². The molecule has 0 unspecified atom stereocenters. The third-order valence-electron chi connectivity index (χ3n) is 4.55. The molecule has 12 nitrogen and oxygen atoms in total. The molecular formula is C15H22N11O+. The first kappa shape index (κ1) is 17.5. The summed E-state index contributed by atoms with van der Waals surface area (Å²) in [5.74, 6) is -0.0105. The highest BCUT2D eigenvalue weighted by molar-refractivity contribution is 6.12. The van der Waals surface area contributed by atoms with Gasteiger partial charge in [-0.3, -0.25) is 5.41 Å². The van der Waals surface area contributed by atoms with E-state index in [2.05, 4.69) is 0 Å². The second-order valence-corrected chi connectivity index (χ2v) is 6.06. The Labute approximate surface area is 152 Å². The van der Waals surface area contributed by atoms with Gasteiger partial charge in [-0.15, -0.1) is 0 Å². The zero-order valence-electron chi connectivity index (χ0n) is 14.3. The first-order chi connectivity index (χ1) is 12.5. The Morgan fingerprint density at radius 3 is 1.41 bits per heavy atom. The molecule has 0 saturated heterocycles. The summed E-state index contributed by atoms with van der Waals surface area (Å²) in [5, 5.41) is 6.43. The molecule has 0 radical (unpaired) electrons. The normalized spacial score (nSPS) is 11.1. The summed E-state index contributed by atoms with van der Waals surface area (Å²) in [6.07, 6.45) is 0. The minimum atomic E-state index is -0.0141. The lowest BCUT2D eigenvalue weighted by Crippen LogP contribution is -2.47. The number of fused-ring (bicyclic) bond motifs is 1. The molecule has 27 heavy (non-hydrogen) atoms. The number of anilines is 10. The lowest BCUT2D eigenvalue weighted by Gasteiger charge is -2.18. The molecule has 3 rings (SSSR count). The van der Waals surface area contributed by atoms with E-state index in [0.717, 1.165) is 0 Å². The van der Waals surface area contributed by atoms with Crippen molar-refractivity contribution in [3.05, 3.63) is 5.36 Å². The van der Waals surface area contributed by atoms with Crippen molar-refractivity contribution in [3.63, 3.8) is 0 Å². The van der Waals surface area contributed by atoms with Gasteiger partial charge in [0.05, 0.1) is 51.1 Å². The van der Waals surface area contributed by atoms with Crippen molar-refractivity contribution in [1.29, 1.82) is 0 Å². The van der Waals surface area contributed by atoms with E-state index >= 15 is 0 Å². The van der Waals surface area contributed by atoms with Crippen molar-refractivity contribution in [3.8, 4) is 11.3 Å². The lowest BCUT2D eigenvalue weighted by molar-refractivity contribution is -0.169. The number of nitrogen functional groups attached to an aromatic ring is 10. The molecule has 2 aromatic carbocycles. The van der Waals surface area contributed by atoms with Crippen LogP contribution >= 0.6 is 0 Å². The highest BCUT2D eigenvalue weighted by Gasteiger charge is 2.26. The SMILES string of the molecule is Nc1c(N)c(N)c(-c2oc3c(N)c(N)c(N)c(N)c3c(=[NH2+])c2N)c(N)c1N. The van der Waals surface area contributed by atoms with Crippen molar-refractivity contribution in [1.82, 2.24) is 0 Å². The average molecular weight is 372 g/mol. The molecule has 0 saturated carbocycles. The van der Waals surface area contributed by atoms with Crippen molar-refractivity contribution < 1.29 is 9.83 Å². The van der Waals surface area contributed by atoms with Crippen LogP contribution in [0, 0.1) is 0 Å². The maximum atomic E-state index is 6.17. The summed E-state index contributed by atoms with van der Waals surface area (Å²) in [4.78, 5) is 0. The van der Waals surface area contributed by atoms with E-state index in [0.29, 0.717) is 0 Å². The molecule has 12 heteroatoms. The van der Waals surface area contributed by atoms with E-state index in [1.165, 1.54) is 0 Å². The second kappa shape index (κ2) is 5.32. The number of nitrogens with two attached hydrogens (primary N) is 11. The van der Waals surface area contributed by atoms with Crippen LogP contribution in [0.15, 0.2) is 4.42 Å². The summed E-state index contributed by atoms with van der Waals surface area (Å²) in [5.41, 5.74) is 60.2. The van der Waals surface area contributed by atoms with Crippen molar-refractivity contribution in [2.75, 3.05) is 57.3 Å². The molecule has 22 N–H and O–H groups in total. The molecule has 0 aliphatic carbocycles. The standard InChI is InChI=1S/C15H21N11O/c16-3-1(4(17)8(21)10(23)7(3)20)14-12(25)6(19)2-5(18)9(22)11(24)13(26)15(2)27-14/h19H,16-18,20-26H2/p+1. The van der Waals surface area contributed by atoms with Crippen LogP contribution in [0.4, 0.5) is 56.9 Å². The van der Waals surface area contributed by atoms with E-state index in [-0.39, 0.29) is 84.5 Å². The largest absolute Gasteiger partial charge is 0.451 e. The number of hydrogen-bond acceptors (Lipinski definition) is 11. The Morgan fingerprint density at radius 1 is 0.481 bits per heavy atom. The molecule has 0 atom stereocenters. The fourth-order valence-electron chi connectivity index (χ4n) is 2.87. The molecular weight excluding hydrogens is 350 g/mol. The van der Waals surface area contributed by atoms with Gasteiger partial charge in [0, 0.05) is 0 Å². The molecule has 0 spiro atoms. The van der Waals surface area contributed by atoms with Crippen LogP contribution in [0.1, 0.15) is 0 Å². The zero-order valence-corrected chi connectivity index (χ0v) is 14.3. The van der Waals surface area contributed by atoms with Gasteiger partial charge < -0.3 is 61.8 Å². The zero-order chi connectivity index (χ0) is 20.4. The molecule has 3 aromatic rings. The van der Waals surface area contributed by atoms with Crippen LogP contribution in [-0.4, -0.2) is 0 Å². The van der Waals surface area contributed by atoms with Gasteiger partial charge in [-0.2, -0.15) is 0 Å². The van der Waals surface area contributed by atoms with Gasteiger partial charge in [-0.05, 0) is 0 Å². The molecule has 142 valence electrons. The van der Waals surface area contributed by atoms with Gasteiger partial charge in [-0.1, -0.05) is 0 Å². The van der Waals surface area contributed by atoms with Gasteiger partial charge >= 0.3 is 0 Å². The number of benzene rings is 2. The molecule has 0 bridgehead atoms. The minimum Gasteiger partial charge on any atom is -0.451 e. The van der Waals surface area contributed by atoms with Crippen molar-refractivity contribution in [2.24, 2.45) is 0 Å². The summed E-state index contributed by atoms with van der Waals surface area (Å²) >= 11 is 0. The lowest BCUT2D eigenvalue weighted by atomic mass is 10.00. The quantitative estimate of drug-likeness (QED) is 0.199. The third-order valence-corrected chi connectivity index (χ3v) is 4.55. The third kappa shape index (κ3) is 2.06. The van der Waals surface area contributed by atoms with Gasteiger partial charge in [0.2, 0.25) is 5.36 Å². The first-order valence-corrected chi connectivity index (χ1v) is 7.58. The molecule has 0 aliphatic rings. The first-order valence-electron chi connectivity index (χ1n) is 7.58. The Kier molecular flexibility index (Phi) is 3.44. The van der Waals surface area contributed by atoms with Crippen LogP contribution in [0.5, 0.6) is 0 Å². The number of hydrogen-bond donors (Lipinski definition) is 11. The molecule has 0 amide bonds. The Balaban J connectivity index is 2.57. The summed E-state index contributed by atoms with van der Waals surface area (Å²) < 4.78 is 5.86. The van der Waals surface area contributed by atoms with Crippen molar-refractivity contribution in [2.45, 2.75) is 0 Å². The van der Waals surface area contributed by atoms with Crippen LogP contribution in [-0.2, 0) is 0 Å². The van der Waals surface area contributed by atoms with Gasteiger partial charge in [0.15, 0.2) is 11.3 Å². The summed E-state index contributed by atoms with van der Waals surface area (Å²) in [6, 6.07) is 0. The highest BCUT2D eigenvalue weighted by atomic mass is 16.3. The average Bonchev–Trinajstić information content (AvgIpc) is 2.64. The topological polar surface area (TPSA) is 299 Å². The fraction of sp³-hybridized carbons (Fsp3) is 0. The molecule has 0 fully saturated rings. The number of rotatable bonds is 1. The van der Waals surface area contributed by atoms with Gasteiger partial charge in [-0.25, -0.2) is 0 Å². The smallest absolute Gasteiger partial charge is 0.237 e. The van der Waals surface area contributed by atoms with E-state index in [1.807, 2.05) is 0 Å². The fourth-order valence-corrected chi connectivity index (χ4v) is 2.87. The van der Waals surface area contributed by atoms with E-state index in [1.54, 1.807) is 0 Å². The van der Waals surface area contributed by atoms with Crippen molar-refractivity contribution >= 4 is 67.8 Å². The van der Waals surface area contributed by atoms with E-state index in [9.17, 15) is 0 Å². The van der Waals surface area contributed by atoms with Crippen LogP contribution in [0.3, 0.4) is 0 Å². The molecule has 1 aromatic heterocycles. The summed E-state index contributed by atoms with van der Waals surface area (Å²) in [7, 11) is 0. The Morgan fingerprint density at radius 2 is 0.889 bits per heavy atom. The van der Waals surface area contributed by atoms with E-state index in [4.69, 9.17) is 67.2 Å². The molecule has 0 aliphatic heterocycles. The second-order valence-electron chi connectivity index (χ2n) is 6.06. The van der Waals surface area contributed by atoms with Crippen LogP contribution in [0.2, 0.25) is 0 Å². The predicted molar refractivity (Wildman–Crippen MR) is 111 cm³/mol. The molecule has 1 heterocycles. The predicted octanol–water partition coefficient (Wildman–Crippen LogP) is -2.42. The Hall–Kier alpha value is -4.35. The van der Waals surface area contributed by atoms with Gasteiger partial charge in [0.25, 0.3) is 0 Å². The maximum Gasteiger partial charge on any atom is 0.237 e. The maximum absolute atomic E-state index is 6.17. The van der Waals surface area contributed by atoms with E-state index < -0.39 is 0 Å². The van der Waals surface area contributed by atoms with Gasteiger partial charge in [0.1, 0.15) is 16.8 Å². The summed E-state index contributed by atoms with van der Waals surface area (Å²) in [6.45, 7) is 0. The monoisotopic (exact) mass is 372 g/mol. The minimum absolute atomic E-state index is 0.0105.